The lowest BCUT2D eigenvalue weighted by Crippen LogP contribution is -2.51. The van der Waals surface area contributed by atoms with Crippen LogP contribution in [0.5, 0.6) is 0 Å². The Morgan fingerprint density at radius 3 is 2.72 bits per heavy atom. The first-order chi connectivity index (χ1) is 11.7. The Morgan fingerprint density at radius 2 is 2.08 bits per heavy atom. The van der Waals surface area contributed by atoms with Crippen LogP contribution in [-0.2, 0) is 0 Å². The van der Waals surface area contributed by atoms with E-state index in [4.69, 9.17) is 10.8 Å². The van der Waals surface area contributed by atoms with E-state index < -0.39 is 30.6 Å². The largest absolute Gasteiger partial charge is 0.394 e. The molecule has 3 heterocycles. The van der Waals surface area contributed by atoms with E-state index in [-0.39, 0.29) is 28.3 Å². The summed E-state index contributed by atoms with van der Waals surface area (Å²) in [5, 5.41) is 33.0. The average Bonchev–Trinajstić information content (AvgIpc) is 2.98. The van der Waals surface area contributed by atoms with Gasteiger partial charge in [0.15, 0.2) is 23.4 Å². The maximum Gasteiger partial charge on any atom is 0.353 e. The number of carbonyl (C=O) groups is 1. The van der Waals surface area contributed by atoms with Gasteiger partial charge < -0.3 is 21.1 Å². The molecule has 0 saturated heterocycles. The minimum Gasteiger partial charge on any atom is -0.394 e. The minimum atomic E-state index is -4.39. The molecule has 0 aromatic carbocycles. The van der Waals surface area contributed by atoms with Gasteiger partial charge in [0.05, 0.1) is 17.6 Å². The lowest BCUT2D eigenvalue weighted by Gasteiger charge is -2.24. The van der Waals surface area contributed by atoms with E-state index in [0.29, 0.717) is 4.57 Å². The van der Waals surface area contributed by atoms with Crippen molar-refractivity contribution in [3.8, 4) is 0 Å². The Labute approximate surface area is 138 Å². The van der Waals surface area contributed by atoms with Gasteiger partial charge in [0.2, 0.25) is 0 Å². The Kier molecular flexibility index (Phi) is 3.89. The van der Waals surface area contributed by atoms with Crippen LogP contribution in [0.3, 0.4) is 0 Å². The zero-order chi connectivity index (χ0) is 18.5. The maximum atomic E-state index is 14.3. The molecule has 0 unspecified atom stereocenters. The van der Waals surface area contributed by atoms with Crippen molar-refractivity contribution in [2.45, 2.75) is 18.1 Å². The Morgan fingerprint density at radius 1 is 1.40 bits per heavy atom. The summed E-state index contributed by atoms with van der Waals surface area (Å²) in [5.41, 5.74) is 5.80. The highest BCUT2D eigenvalue weighted by molar-refractivity contribution is 6.15. The Balaban J connectivity index is 2.15. The first-order valence-corrected chi connectivity index (χ1v) is 7.04. The Hall–Kier alpha value is -2.70. The molecule has 0 saturated carbocycles. The lowest BCUT2D eigenvalue weighted by molar-refractivity contribution is -0.136. The molecule has 2 atom stereocenters. The highest BCUT2D eigenvalue weighted by Gasteiger charge is 2.51. The van der Waals surface area contributed by atoms with E-state index in [0.717, 1.165) is 12.5 Å². The molecular formula is C13H14F2N6O4. The Bertz CT molecular complexity index is 883. The molecule has 0 aliphatic carbocycles. The summed E-state index contributed by atoms with van der Waals surface area (Å²) in [6, 6.07) is 0. The molecule has 0 amide bonds. The summed E-state index contributed by atoms with van der Waals surface area (Å²) < 4.78 is 29.0. The molecule has 0 radical (unpaired) electrons. The van der Waals surface area contributed by atoms with Gasteiger partial charge in [0, 0.05) is 13.2 Å². The summed E-state index contributed by atoms with van der Waals surface area (Å²) in [4.78, 5) is 20.1. The molecule has 5 N–H and O–H groups in total. The van der Waals surface area contributed by atoms with Crippen molar-refractivity contribution in [1.82, 2.24) is 14.5 Å². The fraction of sp³-hybridized carbons (Fsp3) is 0.385. The quantitative estimate of drug-likeness (QED) is 0.516. The summed E-state index contributed by atoms with van der Waals surface area (Å²) in [7, 11) is 1.53. The molecular weight excluding hydrogens is 342 g/mol. The fourth-order valence-electron chi connectivity index (χ4n) is 2.53. The van der Waals surface area contributed by atoms with Crippen molar-refractivity contribution in [3.05, 3.63) is 18.1 Å². The number of nitrogens with two attached hydrogens (primary N) is 1. The summed E-state index contributed by atoms with van der Waals surface area (Å²) in [5.74, 6) is -5.99. The second-order valence-electron chi connectivity index (χ2n) is 5.44. The predicted molar refractivity (Wildman–Crippen MR) is 81.3 cm³/mol. The van der Waals surface area contributed by atoms with Crippen LogP contribution in [0.4, 0.5) is 14.6 Å². The van der Waals surface area contributed by atoms with Gasteiger partial charge >= 0.3 is 11.8 Å². The number of hydrazone groups is 1. The molecule has 134 valence electrons. The van der Waals surface area contributed by atoms with E-state index in [9.17, 15) is 23.8 Å². The zero-order valence-electron chi connectivity index (χ0n) is 12.8. The summed E-state index contributed by atoms with van der Waals surface area (Å²) in [6.45, 7) is -1.14. The van der Waals surface area contributed by atoms with Gasteiger partial charge in [-0.15, -0.1) is 0 Å². The fourth-order valence-corrected chi connectivity index (χ4v) is 2.53. The van der Waals surface area contributed by atoms with Crippen molar-refractivity contribution >= 4 is 28.6 Å². The van der Waals surface area contributed by atoms with Crippen molar-refractivity contribution in [1.29, 1.82) is 0 Å². The zero-order valence-corrected chi connectivity index (χ0v) is 12.8. The first-order valence-electron chi connectivity index (χ1n) is 7.04. The number of amidine groups is 1. The number of aromatic nitrogens is 3. The number of alkyl halides is 2. The van der Waals surface area contributed by atoms with E-state index in [1.165, 1.54) is 12.1 Å². The molecule has 0 bridgehead atoms. The van der Waals surface area contributed by atoms with Crippen LogP contribution >= 0.6 is 0 Å². The van der Waals surface area contributed by atoms with E-state index in [2.05, 4.69) is 15.1 Å². The lowest BCUT2D eigenvalue weighted by atomic mass is 10.1. The van der Waals surface area contributed by atoms with Crippen LogP contribution < -0.4 is 10.7 Å². The number of nitrogens with zero attached hydrogens (tertiary/aromatic N) is 5. The van der Waals surface area contributed by atoms with Crippen molar-refractivity contribution in [2.24, 2.45) is 10.8 Å². The van der Waals surface area contributed by atoms with Gasteiger partial charge in [-0.2, -0.15) is 13.9 Å². The van der Waals surface area contributed by atoms with Gasteiger partial charge in [0.1, 0.15) is 12.4 Å². The second kappa shape index (κ2) is 5.68. The number of hydrogen-bond donors (Lipinski definition) is 4. The normalized spacial score (nSPS) is 16.7. The number of halogens is 2. The number of aliphatic hydroxyl groups excluding tert-OH is 3. The first kappa shape index (κ1) is 17.1. The van der Waals surface area contributed by atoms with Gasteiger partial charge in [-0.05, 0) is 0 Å². The standard InChI is InChI=1S/C13H14F2N6O4/c1-20-10-7-5(9(16)19-20)2-21(11(7)18-4-17-10)12(25)13(14,15)8(24)6(23)3-22/h2,4,6,8,22-24H,3H2,1H3,(H2,16,19)/t6-,8-/m1/s1. The third kappa shape index (κ3) is 2.42. The van der Waals surface area contributed by atoms with Crippen LogP contribution in [0.15, 0.2) is 17.6 Å². The number of rotatable bonds is 4. The average molecular weight is 356 g/mol. The van der Waals surface area contributed by atoms with Crippen LogP contribution in [-0.4, -0.2) is 73.4 Å². The third-order valence-corrected chi connectivity index (χ3v) is 3.83. The summed E-state index contributed by atoms with van der Waals surface area (Å²) in [6.07, 6.45) is -2.91. The highest BCUT2D eigenvalue weighted by atomic mass is 19.3. The third-order valence-electron chi connectivity index (χ3n) is 3.83. The number of carbonyl (C=O) groups excluding carboxylic acids is 1. The van der Waals surface area contributed by atoms with Gasteiger partial charge in [-0.3, -0.25) is 9.36 Å². The van der Waals surface area contributed by atoms with E-state index in [1.807, 2.05) is 0 Å². The predicted octanol–water partition coefficient (Wildman–Crippen LogP) is -1.51. The maximum absolute atomic E-state index is 14.3. The molecule has 2 aromatic heterocycles. The minimum absolute atomic E-state index is 0.0272. The van der Waals surface area contributed by atoms with Crippen LogP contribution in [0.1, 0.15) is 10.4 Å². The second-order valence-corrected chi connectivity index (χ2v) is 5.44. The van der Waals surface area contributed by atoms with Crippen LogP contribution in [0.25, 0.3) is 11.0 Å². The molecule has 1 aliphatic heterocycles. The van der Waals surface area contributed by atoms with Gasteiger partial charge in [-0.25, -0.2) is 15.0 Å². The molecule has 12 heteroatoms. The van der Waals surface area contributed by atoms with Crippen LogP contribution in [0, 0.1) is 0 Å². The molecule has 10 nitrogen and oxygen atoms in total. The van der Waals surface area contributed by atoms with Crippen molar-refractivity contribution < 1.29 is 28.9 Å². The highest BCUT2D eigenvalue weighted by Crippen LogP contribution is 2.33. The molecule has 0 fully saturated rings. The molecule has 3 rings (SSSR count). The van der Waals surface area contributed by atoms with Crippen molar-refractivity contribution in [3.63, 3.8) is 0 Å². The molecule has 2 aromatic rings. The number of hydrogen-bond acceptors (Lipinski definition) is 9. The molecule has 25 heavy (non-hydrogen) atoms. The smallest absolute Gasteiger partial charge is 0.353 e. The monoisotopic (exact) mass is 356 g/mol. The van der Waals surface area contributed by atoms with Gasteiger partial charge in [0.25, 0.3) is 0 Å². The molecule has 1 aliphatic rings. The number of anilines is 1. The SMILES string of the molecule is CN1N=C(N)c2cn(C(=O)C(F)(F)[C@H](O)[C@H](O)CO)c3ncnc1c23. The van der Waals surface area contributed by atoms with E-state index >= 15 is 0 Å². The van der Waals surface area contributed by atoms with E-state index in [1.54, 1.807) is 0 Å². The van der Waals surface area contributed by atoms with Crippen molar-refractivity contribution in [2.75, 3.05) is 18.7 Å². The summed E-state index contributed by atoms with van der Waals surface area (Å²) >= 11 is 0. The molecule has 0 spiro atoms. The topological polar surface area (TPSA) is 150 Å². The van der Waals surface area contributed by atoms with Gasteiger partial charge in [-0.1, -0.05) is 0 Å². The number of aliphatic hydroxyl groups is 3. The van der Waals surface area contributed by atoms with Crippen LogP contribution in [0.2, 0.25) is 0 Å².